The summed E-state index contributed by atoms with van der Waals surface area (Å²) in [5.41, 5.74) is 5.16. The van der Waals surface area contributed by atoms with Crippen LogP contribution in [0.5, 0.6) is 0 Å². The summed E-state index contributed by atoms with van der Waals surface area (Å²) in [5.74, 6) is -0.0812. The fourth-order valence-corrected chi connectivity index (χ4v) is 4.37. The molecule has 0 unspecified atom stereocenters. The van der Waals surface area contributed by atoms with Crippen molar-refractivity contribution in [1.82, 2.24) is 9.88 Å². The monoisotopic (exact) mass is 384 g/mol. The van der Waals surface area contributed by atoms with Gasteiger partial charge in [0.05, 0.1) is 11.7 Å². The van der Waals surface area contributed by atoms with Gasteiger partial charge in [0.15, 0.2) is 0 Å². The largest absolute Gasteiger partial charge is 0.354 e. The van der Waals surface area contributed by atoms with Crippen molar-refractivity contribution in [1.29, 1.82) is 0 Å². The van der Waals surface area contributed by atoms with Crippen molar-refractivity contribution < 1.29 is 9.18 Å². The van der Waals surface area contributed by atoms with Crippen LogP contribution in [0.2, 0.25) is 0 Å². The molecule has 4 aromatic rings. The number of para-hydroxylation sites is 1. The van der Waals surface area contributed by atoms with E-state index in [0.29, 0.717) is 13.0 Å². The van der Waals surface area contributed by atoms with Crippen LogP contribution < -0.4 is 0 Å². The fourth-order valence-electron chi connectivity index (χ4n) is 4.37. The van der Waals surface area contributed by atoms with Crippen molar-refractivity contribution in [2.24, 2.45) is 0 Å². The highest BCUT2D eigenvalue weighted by Gasteiger charge is 2.35. The fraction of sp³-hybridized carbons (Fsp3) is 0.160. The van der Waals surface area contributed by atoms with E-state index in [1.54, 1.807) is 12.1 Å². The number of benzene rings is 3. The number of aromatic nitrogens is 1. The van der Waals surface area contributed by atoms with Gasteiger partial charge >= 0.3 is 0 Å². The minimum absolute atomic E-state index is 0.0149. The number of nitrogens with zero attached hydrogens (tertiary/aromatic N) is 1. The number of fused-ring (bicyclic) bond motifs is 1. The first kappa shape index (κ1) is 17.7. The van der Waals surface area contributed by atoms with E-state index in [-0.39, 0.29) is 17.8 Å². The zero-order chi connectivity index (χ0) is 19.8. The van der Waals surface area contributed by atoms with Crippen molar-refractivity contribution in [3.05, 3.63) is 95.8 Å². The Labute approximate surface area is 168 Å². The van der Waals surface area contributed by atoms with E-state index in [4.69, 9.17) is 0 Å². The van der Waals surface area contributed by atoms with Gasteiger partial charge in [0.25, 0.3) is 0 Å². The lowest BCUT2D eigenvalue weighted by atomic mass is 9.97. The molecule has 0 bridgehead atoms. The maximum Gasteiger partial charge on any atom is 0.223 e. The van der Waals surface area contributed by atoms with Crippen LogP contribution in [-0.2, 0) is 11.3 Å². The van der Waals surface area contributed by atoms with E-state index < -0.39 is 0 Å². The molecule has 3 aromatic carbocycles. The lowest BCUT2D eigenvalue weighted by Gasteiger charge is -2.26. The Bertz CT molecular complexity index is 1160. The normalized spacial score (nSPS) is 16.7. The molecule has 1 N–H and O–H groups in total. The van der Waals surface area contributed by atoms with Crippen LogP contribution in [0.15, 0.2) is 78.9 Å². The van der Waals surface area contributed by atoms with Crippen LogP contribution in [-0.4, -0.2) is 15.8 Å². The second-order valence-electron chi connectivity index (χ2n) is 7.53. The number of halogens is 1. The minimum Gasteiger partial charge on any atom is -0.354 e. The molecular formula is C25H21FN2O. The minimum atomic E-state index is -0.256. The topological polar surface area (TPSA) is 36.1 Å². The van der Waals surface area contributed by atoms with Gasteiger partial charge in [-0.25, -0.2) is 4.39 Å². The summed E-state index contributed by atoms with van der Waals surface area (Å²) in [5, 5.41) is 1.12. The number of hydrogen-bond acceptors (Lipinski definition) is 1. The van der Waals surface area contributed by atoms with Crippen molar-refractivity contribution >= 4 is 16.8 Å². The molecule has 1 fully saturated rings. The Balaban J connectivity index is 1.64. The third-order valence-corrected chi connectivity index (χ3v) is 5.74. The van der Waals surface area contributed by atoms with Gasteiger partial charge in [0.1, 0.15) is 5.82 Å². The van der Waals surface area contributed by atoms with E-state index in [0.717, 1.165) is 39.7 Å². The Morgan fingerprint density at radius 3 is 2.45 bits per heavy atom. The van der Waals surface area contributed by atoms with Gasteiger partial charge in [-0.05, 0) is 47.9 Å². The summed E-state index contributed by atoms with van der Waals surface area (Å²) in [6.45, 7) is 0.590. The van der Waals surface area contributed by atoms with Crippen LogP contribution in [0.4, 0.5) is 4.39 Å². The highest BCUT2D eigenvalue weighted by molar-refractivity contribution is 5.92. The first-order valence-electron chi connectivity index (χ1n) is 9.90. The number of carbonyl (C=O) groups excluding carboxylic acids is 1. The molecule has 0 aliphatic carbocycles. The zero-order valence-electron chi connectivity index (χ0n) is 15.9. The number of H-pyrrole nitrogens is 1. The van der Waals surface area contributed by atoms with Crippen molar-refractivity contribution in [2.75, 3.05) is 0 Å². The van der Waals surface area contributed by atoms with Crippen molar-refractivity contribution in [3.63, 3.8) is 0 Å². The van der Waals surface area contributed by atoms with E-state index in [1.807, 2.05) is 41.3 Å². The summed E-state index contributed by atoms with van der Waals surface area (Å²) in [6.07, 6.45) is 1.32. The van der Waals surface area contributed by atoms with Crippen LogP contribution >= 0.6 is 0 Å². The molecule has 144 valence electrons. The van der Waals surface area contributed by atoms with E-state index in [2.05, 4.69) is 23.2 Å². The molecule has 5 rings (SSSR count). The molecule has 0 spiro atoms. The van der Waals surface area contributed by atoms with Gasteiger partial charge in [0.2, 0.25) is 5.91 Å². The zero-order valence-corrected chi connectivity index (χ0v) is 15.9. The van der Waals surface area contributed by atoms with Crippen molar-refractivity contribution in [3.8, 4) is 11.3 Å². The third kappa shape index (κ3) is 3.21. The second-order valence-corrected chi connectivity index (χ2v) is 7.53. The number of aromatic amines is 1. The molecule has 1 aliphatic heterocycles. The van der Waals surface area contributed by atoms with Crippen LogP contribution in [0.25, 0.3) is 22.2 Å². The molecule has 0 saturated carbocycles. The maximum absolute atomic E-state index is 13.5. The molecule has 1 aromatic heterocycles. The summed E-state index contributed by atoms with van der Waals surface area (Å²) >= 11 is 0. The van der Waals surface area contributed by atoms with Gasteiger partial charge in [-0.3, -0.25) is 4.79 Å². The molecular weight excluding hydrogens is 363 g/mol. The van der Waals surface area contributed by atoms with Crippen molar-refractivity contribution in [2.45, 2.75) is 25.4 Å². The number of likely N-dealkylation sites (tertiary alicyclic amines) is 1. The van der Waals surface area contributed by atoms with Gasteiger partial charge < -0.3 is 9.88 Å². The molecule has 4 heteroatoms. The van der Waals surface area contributed by atoms with E-state index >= 15 is 0 Å². The predicted molar refractivity (Wildman–Crippen MR) is 113 cm³/mol. The summed E-state index contributed by atoms with van der Waals surface area (Å²) in [4.78, 5) is 18.3. The number of rotatable bonds is 4. The predicted octanol–water partition coefficient (Wildman–Crippen LogP) is 5.84. The summed E-state index contributed by atoms with van der Waals surface area (Å²) < 4.78 is 13.5. The van der Waals surface area contributed by atoms with Gasteiger partial charge in [0, 0.05) is 29.4 Å². The highest BCUT2D eigenvalue weighted by atomic mass is 19.1. The molecule has 29 heavy (non-hydrogen) atoms. The summed E-state index contributed by atoms with van der Waals surface area (Å²) in [6, 6.07) is 24.8. The molecule has 1 atom stereocenters. The molecule has 1 saturated heterocycles. The van der Waals surface area contributed by atoms with Gasteiger partial charge in [-0.2, -0.15) is 0 Å². The standard InChI is InChI=1S/C25H21FN2O/c26-19-12-10-18(11-13-19)25-24(20-8-4-5-9-21(20)27-25)22-14-15-23(29)28(22)16-17-6-2-1-3-7-17/h1-13,22,27H,14-16H2/t22-/m0/s1. The smallest absolute Gasteiger partial charge is 0.223 e. The first-order valence-corrected chi connectivity index (χ1v) is 9.90. The molecule has 0 radical (unpaired) electrons. The van der Waals surface area contributed by atoms with E-state index in [9.17, 15) is 9.18 Å². The van der Waals surface area contributed by atoms with Gasteiger partial charge in [-0.1, -0.05) is 48.5 Å². The Morgan fingerprint density at radius 2 is 1.66 bits per heavy atom. The Hall–Kier alpha value is -3.40. The summed E-state index contributed by atoms with van der Waals surface area (Å²) in [7, 11) is 0. The first-order chi connectivity index (χ1) is 14.2. The molecule has 1 aliphatic rings. The van der Waals surface area contributed by atoms with Crippen LogP contribution in [0, 0.1) is 5.82 Å². The number of amides is 1. The SMILES string of the molecule is O=C1CC[C@@H](c2c(-c3ccc(F)cc3)[nH]c3ccccc23)N1Cc1ccccc1. The van der Waals surface area contributed by atoms with E-state index in [1.165, 1.54) is 12.1 Å². The molecule has 1 amide bonds. The number of nitrogens with one attached hydrogen (secondary N) is 1. The lowest BCUT2D eigenvalue weighted by molar-refractivity contribution is -0.129. The highest BCUT2D eigenvalue weighted by Crippen LogP contribution is 2.43. The third-order valence-electron chi connectivity index (χ3n) is 5.74. The Morgan fingerprint density at radius 1 is 0.931 bits per heavy atom. The van der Waals surface area contributed by atoms with Crippen LogP contribution in [0.3, 0.4) is 0 Å². The average Bonchev–Trinajstić information content (AvgIpc) is 3.30. The Kier molecular flexibility index (Phi) is 4.39. The van der Waals surface area contributed by atoms with Crippen LogP contribution in [0.1, 0.15) is 30.0 Å². The second kappa shape index (κ2) is 7.21. The quantitative estimate of drug-likeness (QED) is 0.472. The molecule has 2 heterocycles. The lowest BCUT2D eigenvalue weighted by Crippen LogP contribution is -2.27. The maximum atomic E-state index is 13.5. The average molecular weight is 384 g/mol. The number of carbonyl (C=O) groups is 1. The van der Waals surface area contributed by atoms with Gasteiger partial charge in [-0.15, -0.1) is 0 Å². The molecule has 3 nitrogen and oxygen atoms in total. The number of hydrogen-bond donors (Lipinski definition) is 1.